The number of anilines is 1. The maximum absolute atomic E-state index is 12.0. The van der Waals surface area contributed by atoms with Crippen LogP contribution < -0.4 is 10.1 Å². The fourth-order valence-electron chi connectivity index (χ4n) is 1.87. The van der Waals surface area contributed by atoms with Crippen LogP contribution >= 0.6 is 0 Å². The topological polar surface area (TPSA) is 62.1 Å². The van der Waals surface area contributed by atoms with Gasteiger partial charge in [0.2, 0.25) is 5.91 Å². The fourth-order valence-corrected chi connectivity index (χ4v) is 1.87. The molecule has 0 aromatic heterocycles. The number of carbonyl (C=O) groups excluding carboxylic acids is 1. The summed E-state index contributed by atoms with van der Waals surface area (Å²) in [5.74, 6) is -0.118. The molecule has 0 aliphatic carbocycles. The Morgan fingerprint density at radius 1 is 1.32 bits per heavy atom. The van der Waals surface area contributed by atoms with E-state index in [0.717, 1.165) is 22.6 Å². The smallest absolute Gasteiger partial charge is 0.241 e. The molecule has 0 saturated carbocycles. The normalized spacial score (nSPS) is 11.8. The van der Waals surface area contributed by atoms with Gasteiger partial charge in [0.15, 0.2) is 0 Å². The Balaban J connectivity index is 2.98. The van der Waals surface area contributed by atoms with Crippen LogP contribution in [0.5, 0.6) is 5.75 Å². The number of nitriles is 1. The summed E-state index contributed by atoms with van der Waals surface area (Å²) in [6.07, 6.45) is 0. The molecule has 0 radical (unpaired) electrons. The number of nitrogens with zero attached hydrogens (tertiary/aromatic N) is 1. The van der Waals surface area contributed by atoms with Crippen molar-refractivity contribution in [1.29, 1.82) is 5.26 Å². The maximum Gasteiger partial charge on any atom is 0.241 e. The fraction of sp³-hybridized carbons (Fsp3) is 0.467. The molecule has 0 fully saturated rings. The van der Waals surface area contributed by atoms with Crippen LogP contribution in [-0.2, 0) is 4.79 Å². The predicted molar refractivity (Wildman–Crippen MR) is 75.0 cm³/mol. The molecular weight excluding hydrogens is 240 g/mol. The Labute approximate surface area is 114 Å². The van der Waals surface area contributed by atoms with Crippen LogP contribution in [0.3, 0.4) is 0 Å². The number of amides is 1. The molecule has 0 spiro atoms. The first-order chi connectivity index (χ1) is 8.92. The summed E-state index contributed by atoms with van der Waals surface area (Å²) >= 11 is 0. The molecule has 1 unspecified atom stereocenters. The molecule has 102 valence electrons. The quantitative estimate of drug-likeness (QED) is 0.905. The van der Waals surface area contributed by atoms with Crippen LogP contribution in [0.25, 0.3) is 0 Å². The SMILES string of the molecule is COc1ccc(NC(=O)C(C#N)C(C)C)c(C)c1C. The van der Waals surface area contributed by atoms with Gasteiger partial charge in [-0.2, -0.15) is 5.26 Å². The highest BCUT2D eigenvalue weighted by Gasteiger charge is 2.22. The second kappa shape index (κ2) is 6.24. The number of benzene rings is 1. The van der Waals surface area contributed by atoms with Crippen LogP contribution in [0.2, 0.25) is 0 Å². The Morgan fingerprint density at radius 3 is 2.42 bits per heavy atom. The summed E-state index contributed by atoms with van der Waals surface area (Å²) in [5, 5.41) is 11.8. The number of ether oxygens (including phenoxy) is 1. The molecule has 1 N–H and O–H groups in total. The van der Waals surface area contributed by atoms with Gasteiger partial charge in [-0.1, -0.05) is 13.8 Å². The highest BCUT2D eigenvalue weighted by Crippen LogP contribution is 2.27. The minimum atomic E-state index is -0.637. The third-order valence-corrected chi connectivity index (χ3v) is 3.30. The van der Waals surface area contributed by atoms with E-state index in [2.05, 4.69) is 5.32 Å². The lowest BCUT2D eigenvalue weighted by molar-refractivity contribution is -0.119. The van der Waals surface area contributed by atoms with Crippen molar-refractivity contribution in [2.45, 2.75) is 27.7 Å². The Morgan fingerprint density at radius 2 is 1.95 bits per heavy atom. The van der Waals surface area contributed by atoms with E-state index in [1.165, 1.54) is 0 Å². The number of methoxy groups -OCH3 is 1. The zero-order valence-electron chi connectivity index (χ0n) is 12.1. The second-order valence-electron chi connectivity index (χ2n) is 4.91. The minimum Gasteiger partial charge on any atom is -0.496 e. The van der Waals surface area contributed by atoms with Gasteiger partial charge < -0.3 is 10.1 Å². The third-order valence-electron chi connectivity index (χ3n) is 3.30. The van der Waals surface area contributed by atoms with Gasteiger partial charge in [0.25, 0.3) is 0 Å². The number of hydrogen-bond donors (Lipinski definition) is 1. The molecule has 1 aromatic carbocycles. The first kappa shape index (κ1) is 15.0. The Hall–Kier alpha value is -2.02. The van der Waals surface area contributed by atoms with E-state index in [-0.39, 0.29) is 11.8 Å². The van der Waals surface area contributed by atoms with Crippen molar-refractivity contribution in [1.82, 2.24) is 0 Å². The maximum atomic E-state index is 12.0. The summed E-state index contributed by atoms with van der Waals surface area (Å²) in [6.45, 7) is 7.58. The van der Waals surface area contributed by atoms with Crippen molar-refractivity contribution >= 4 is 11.6 Å². The van der Waals surface area contributed by atoms with Crippen LogP contribution in [-0.4, -0.2) is 13.0 Å². The van der Waals surface area contributed by atoms with Crippen molar-refractivity contribution < 1.29 is 9.53 Å². The number of nitrogens with one attached hydrogen (secondary N) is 1. The van der Waals surface area contributed by atoms with Crippen molar-refractivity contribution in [3.05, 3.63) is 23.3 Å². The van der Waals surface area contributed by atoms with Gasteiger partial charge in [0.05, 0.1) is 13.2 Å². The van der Waals surface area contributed by atoms with E-state index < -0.39 is 5.92 Å². The standard InChI is InChI=1S/C15H20N2O2/c1-9(2)12(8-16)15(18)17-13-6-7-14(19-5)11(4)10(13)3/h6-7,9,12H,1-5H3,(H,17,18). The average molecular weight is 260 g/mol. The van der Waals surface area contributed by atoms with Gasteiger partial charge in [-0.3, -0.25) is 4.79 Å². The molecule has 0 heterocycles. The lowest BCUT2D eigenvalue weighted by Crippen LogP contribution is -2.26. The monoisotopic (exact) mass is 260 g/mol. The highest BCUT2D eigenvalue weighted by atomic mass is 16.5. The molecule has 0 aliphatic heterocycles. The van der Waals surface area contributed by atoms with E-state index in [0.29, 0.717) is 0 Å². The van der Waals surface area contributed by atoms with E-state index in [1.807, 2.05) is 39.8 Å². The van der Waals surface area contributed by atoms with E-state index in [1.54, 1.807) is 13.2 Å². The Kier molecular flexibility index (Phi) is 4.94. The summed E-state index contributed by atoms with van der Waals surface area (Å²) in [4.78, 5) is 12.0. The van der Waals surface area contributed by atoms with Gasteiger partial charge in [0, 0.05) is 5.69 Å². The zero-order valence-corrected chi connectivity index (χ0v) is 12.1. The highest BCUT2D eigenvalue weighted by molar-refractivity contribution is 5.95. The molecule has 1 amide bonds. The summed E-state index contributed by atoms with van der Waals surface area (Å²) in [7, 11) is 1.62. The van der Waals surface area contributed by atoms with Gasteiger partial charge in [-0.25, -0.2) is 0 Å². The first-order valence-electron chi connectivity index (χ1n) is 6.27. The molecule has 4 nitrogen and oxygen atoms in total. The van der Waals surface area contributed by atoms with Crippen molar-refractivity contribution in [2.75, 3.05) is 12.4 Å². The molecule has 1 atom stereocenters. The molecule has 0 saturated heterocycles. The molecule has 4 heteroatoms. The predicted octanol–water partition coefficient (Wildman–Crippen LogP) is 3.05. The molecule has 1 rings (SSSR count). The van der Waals surface area contributed by atoms with Crippen molar-refractivity contribution in [3.8, 4) is 11.8 Å². The number of rotatable bonds is 4. The zero-order chi connectivity index (χ0) is 14.6. The molecular formula is C15H20N2O2. The van der Waals surface area contributed by atoms with Gasteiger partial charge in [0.1, 0.15) is 11.7 Å². The summed E-state index contributed by atoms with van der Waals surface area (Å²) in [5.41, 5.74) is 2.66. The van der Waals surface area contributed by atoms with Crippen molar-refractivity contribution in [2.24, 2.45) is 11.8 Å². The third kappa shape index (κ3) is 3.25. The van der Waals surface area contributed by atoms with Gasteiger partial charge in [-0.05, 0) is 43.0 Å². The summed E-state index contributed by atoms with van der Waals surface area (Å²) < 4.78 is 5.23. The van der Waals surface area contributed by atoms with Crippen LogP contribution in [0.1, 0.15) is 25.0 Å². The van der Waals surface area contributed by atoms with Gasteiger partial charge in [-0.15, -0.1) is 0 Å². The van der Waals surface area contributed by atoms with Crippen LogP contribution in [0.15, 0.2) is 12.1 Å². The van der Waals surface area contributed by atoms with E-state index in [9.17, 15) is 4.79 Å². The lowest BCUT2D eigenvalue weighted by atomic mass is 9.96. The molecule has 0 bridgehead atoms. The first-order valence-corrected chi connectivity index (χ1v) is 6.27. The summed E-state index contributed by atoms with van der Waals surface area (Å²) in [6, 6.07) is 5.66. The molecule has 1 aromatic rings. The Bertz CT molecular complexity index is 516. The van der Waals surface area contributed by atoms with Gasteiger partial charge >= 0.3 is 0 Å². The number of hydrogen-bond acceptors (Lipinski definition) is 3. The second-order valence-corrected chi connectivity index (χ2v) is 4.91. The van der Waals surface area contributed by atoms with E-state index in [4.69, 9.17) is 10.00 Å². The lowest BCUT2D eigenvalue weighted by Gasteiger charge is -2.16. The minimum absolute atomic E-state index is 0.00958. The van der Waals surface area contributed by atoms with E-state index >= 15 is 0 Å². The largest absolute Gasteiger partial charge is 0.496 e. The number of carbonyl (C=O) groups is 1. The molecule has 0 aliphatic rings. The molecule has 19 heavy (non-hydrogen) atoms. The van der Waals surface area contributed by atoms with Crippen molar-refractivity contribution in [3.63, 3.8) is 0 Å². The van der Waals surface area contributed by atoms with Crippen LogP contribution in [0.4, 0.5) is 5.69 Å². The average Bonchev–Trinajstić information content (AvgIpc) is 2.35. The van der Waals surface area contributed by atoms with Crippen LogP contribution in [0, 0.1) is 37.0 Å².